The minimum absolute atomic E-state index is 0.0240. The summed E-state index contributed by atoms with van der Waals surface area (Å²) < 4.78 is 19.9. The zero-order valence-corrected chi connectivity index (χ0v) is 20.2. The second kappa shape index (κ2) is 9.54. The molecular weight excluding hydrogens is 459 g/mol. The summed E-state index contributed by atoms with van der Waals surface area (Å²) in [6, 6.07) is 12.1. The third-order valence-electron chi connectivity index (χ3n) is 6.43. The summed E-state index contributed by atoms with van der Waals surface area (Å²) in [6.07, 6.45) is 8.00. The van der Waals surface area contributed by atoms with Gasteiger partial charge in [0.2, 0.25) is 0 Å². The molecule has 1 aromatic carbocycles. The lowest BCUT2D eigenvalue weighted by Crippen LogP contribution is -2.29. The Labute approximate surface area is 209 Å². The number of carbonyl (C=O) groups excluding carboxylic acids is 1. The largest absolute Gasteiger partial charge is 0.482 e. The predicted octanol–water partition coefficient (Wildman–Crippen LogP) is 4.21. The topological polar surface area (TPSA) is 87.6 Å². The van der Waals surface area contributed by atoms with Gasteiger partial charge in [-0.05, 0) is 74.4 Å². The first-order valence-electron chi connectivity index (χ1n) is 11.8. The molecule has 0 atom stereocenters. The minimum Gasteiger partial charge on any atom is -0.482 e. The fourth-order valence-electron chi connectivity index (χ4n) is 4.62. The number of ether oxygens (including phenoxy) is 1. The first kappa shape index (κ1) is 23.7. The van der Waals surface area contributed by atoms with E-state index in [2.05, 4.69) is 15.3 Å². The number of nitrogens with one attached hydrogen (secondary N) is 1. The Balaban J connectivity index is 1.42. The number of allylic oxidation sites excluding steroid dienone is 1. The van der Waals surface area contributed by atoms with Gasteiger partial charge in [0.15, 0.2) is 0 Å². The van der Waals surface area contributed by atoms with Gasteiger partial charge < -0.3 is 20.1 Å². The maximum atomic E-state index is 13.6. The van der Waals surface area contributed by atoms with Crippen LogP contribution in [0, 0.1) is 5.82 Å². The average Bonchev–Trinajstić information content (AvgIpc) is 3.36. The van der Waals surface area contributed by atoms with Gasteiger partial charge in [-0.15, -0.1) is 0 Å². The molecular formula is C28H27FN4O3. The van der Waals surface area contributed by atoms with Gasteiger partial charge in [0.25, 0.3) is 5.91 Å². The number of carbonyl (C=O) groups is 1. The highest BCUT2D eigenvalue weighted by Crippen LogP contribution is 2.44. The van der Waals surface area contributed by atoms with Gasteiger partial charge in [-0.3, -0.25) is 9.78 Å². The van der Waals surface area contributed by atoms with Gasteiger partial charge in [0, 0.05) is 48.4 Å². The molecule has 0 fully saturated rings. The molecule has 8 heteroatoms. The van der Waals surface area contributed by atoms with Crippen molar-refractivity contribution in [2.24, 2.45) is 0 Å². The van der Waals surface area contributed by atoms with Crippen molar-refractivity contribution in [3.63, 3.8) is 0 Å². The lowest BCUT2D eigenvalue weighted by Gasteiger charge is -2.25. The first-order chi connectivity index (χ1) is 17.4. The number of fused-ring (bicyclic) bond motifs is 1. The zero-order valence-electron chi connectivity index (χ0n) is 20.2. The number of amides is 1. The molecule has 0 saturated carbocycles. The standard InChI is InChI=1S/C28H27FN4O3/c1-28(2)22(16-24(36-28)26-21-5-4-20(29)15-23(21)32-27(26)35)19-3-6-25(31-17-19)33(13-14-34)12-9-18-7-10-30-11-8-18/h3-8,10-11,15-17,34H,9,12-14H2,1-2H3,(H,32,35)/b26-24+. The van der Waals surface area contributed by atoms with Crippen LogP contribution in [0.5, 0.6) is 0 Å². The van der Waals surface area contributed by atoms with Crippen molar-refractivity contribution in [2.75, 3.05) is 29.9 Å². The van der Waals surface area contributed by atoms with Crippen molar-refractivity contribution in [1.29, 1.82) is 0 Å². The number of nitrogens with zero attached hydrogens (tertiary/aromatic N) is 3. The maximum absolute atomic E-state index is 13.6. The molecule has 3 aromatic rings. The van der Waals surface area contributed by atoms with Crippen LogP contribution in [0.4, 0.5) is 15.9 Å². The van der Waals surface area contributed by atoms with E-state index in [9.17, 15) is 14.3 Å². The van der Waals surface area contributed by atoms with Gasteiger partial charge in [0.05, 0.1) is 17.9 Å². The summed E-state index contributed by atoms with van der Waals surface area (Å²) in [5.74, 6) is 0.484. The van der Waals surface area contributed by atoms with Crippen LogP contribution >= 0.6 is 0 Å². The van der Waals surface area contributed by atoms with Gasteiger partial charge >= 0.3 is 0 Å². The van der Waals surface area contributed by atoms with Crippen LogP contribution in [0.15, 0.2) is 72.9 Å². The Morgan fingerprint density at radius 3 is 2.64 bits per heavy atom. The van der Waals surface area contributed by atoms with Gasteiger partial charge in [-0.1, -0.05) is 0 Å². The highest BCUT2D eigenvalue weighted by molar-refractivity contribution is 6.32. The molecule has 0 aliphatic carbocycles. The molecule has 2 aromatic heterocycles. The number of hydrogen-bond acceptors (Lipinski definition) is 6. The summed E-state index contributed by atoms with van der Waals surface area (Å²) in [4.78, 5) is 23.5. The molecule has 0 bridgehead atoms. The number of rotatable bonds is 7. The Bertz CT molecular complexity index is 1350. The number of anilines is 2. The summed E-state index contributed by atoms with van der Waals surface area (Å²) >= 11 is 0. The quantitative estimate of drug-likeness (QED) is 0.487. The highest BCUT2D eigenvalue weighted by atomic mass is 19.1. The van der Waals surface area contributed by atoms with E-state index in [0.717, 1.165) is 23.4 Å². The molecule has 1 amide bonds. The van der Waals surface area contributed by atoms with E-state index in [1.807, 2.05) is 49.1 Å². The van der Waals surface area contributed by atoms with Crippen LogP contribution in [-0.2, 0) is 16.0 Å². The maximum Gasteiger partial charge on any atom is 0.260 e. The predicted molar refractivity (Wildman–Crippen MR) is 137 cm³/mol. The van der Waals surface area contributed by atoms with Crippen LogP contribution in [0.2, 0.25) is 0 Å². The van der Waals surface area contributed by atoms with Crippen LogP contribution in [0.3, 0.4) is 0 Å². The normalized spacial score (nSPS) is 17.9. The number of benzene rings is 1. The average molecular weight is 487 g/mol. The van der Waals surface area contributed by atoms with Gasteiger partial charge in [0.1, 0.15) is 23.0 Å². The van der Waals surface area contributed by atoms with Crippen LogP contribution in [-0.4, -0.2) is 46.3 Å². The lowest BCUT2D eigenvalue weighted by molar-refractivity contribution is -0.111. The second-order valence-electron chi connectivity index (χ2n) is 9.27. The third-order valence-corrected chi connectivity index (χ3v) is 6.43. The number of aromatic nitrogens is 2. The highest BCUT2D eigenvalue weighted by Gasteiger charge is 2.38. The van der Waals surface area contributed by atoms with Crippen molar-refractivity contribution in [3.8, 4) is 0 Å². The van der Waals surface area contributed by atoms with Gasteiger partial charge in [-0.2, -0.15) is 0 Å². The smallest absolute Gasteiger partial charge is 0.260 e. The monoisotopic (exact) mass is 486 g/mol. The van der Waals surface area contributed by atoms with Crippen LogP contribution in [0.25, 0.3) is 11.1 Å². The minimum atomic E-state index is -0.694. The van der Waals surface area contributed by atoms with Crippen molar-refractivity contribution in [1.82, 2.24) is 9.97 Å². The van der Waals surface area contributed by atoms with E-state index in [1.165, 1.54) is 17.7 Å². The molecule has 0 unspecified atom stereocenters. The Hall–Kier alpha value is -4.04. The molecule has 2 aliphatic heterocycles. The Morgan fingerprint density at radius 2 is 1.92 bits per heavy atom. The summed E-state index contributed by atoms with van der Waals surface area (Å²) in [5.41, 5.74) is 3.68. The second-order valence-corrected chi connectivity index (χ2v) is 9.27. The molecule has 2 aliphatic rings. The van der Waals surface area contributed by atoms with Crippen molar-refractivity contribution >= 4 is 28.6 Å². The van der Waals surface area contributed by atoms with Crippen molar-refractivity contribution in [3.05, 3.63) is 95.4 Å². The van der Waals surface area contributed by atoms with Crippen LogP contribution in [0.1, 0.15) is 30.5 Å². The molecule has 5 rings (SSSR count). The fraction of sp³-hybridized carbons (Fsp3) is 0.250. The van der Waals surface area contributed by atoms with Crippen LogP contribution < -0.4 is 10.2 Å². The van der Waals surface area contributed by atoms with Gasteiger partial charge in [-0.25, -0.2) is 9.37 Å². The van der Waals surface area contributed by atoms with E-state index in [-0.39, 0.29) is 12.5 Å². The summed E-state index contributed by atoms with van der Waals surface area (Å²) in [5, 5.41) is 12.3. The molecule has 7 nitrogen and oxygen atoms in total. The number of aliphatic hydroxyl groups is 1. The number of aliphatic hydroxyl groups excluding tert-OH is 1. The SMILES string of the molecule is CC1(C)O/C(=C2/C(=O)Nc3cc(F)ccc32)C=C1c1ccc(N(CCO)CCc2ccncc2)nc1. The molecule has 0 spiro atoms. The molecule has 4 heterocycles. The molecule has 2 N–H and O–H groups in total. The van der Waals surface area contributed by atoms with Crippen molar-refractivity contribution in [2.45, 2.75) is 25.9 Å². The number of pyridine rings is 2. The van der Waals surface area contributed by atoms with E-state index in [4.69, 9.17) is 4.74 Å². The molecule has 184 valence electrons. The molecule has 36 heavy (non-hydrogen) atoms. The number of hydrogen-bond donors (Lipinski definition) is 2. The first-order valence-corrected chi connectivity index (χ1v) is 11.8. The summed E-state index contributed by atoms with van der Waals surface area (Å²) in [7, 11) is 0. The third kappa shape index (κ3) is 4.59. The summed E-state index contributed by atoms with van der Waals surface area (Å²) in [6.45, 7) is 5.08. The van der Waals surface area contributed by atoms with E-state index >= 15 is 0 Å². The number of halogens is 1. The zero-order chi connectivity index (χ0) is 25.3. The molecule has 0 radical (unpaired) electrons. The Morgan fingerprint density at radius 1 is 1.11 bits per heavy atom. The Kier molecular flexibility index (Phi) is 6.28. The van der Waals surface area contributed by atoms with E-state index < -0.39 is 11.4 Å². The van der Waals surface area contributed by atoms with Crippen molar-refractivity contribution < 1.29 is 19.0 Å². The fourth-order valence-corrected chi connectivity index (χ4v) is 4.62. The van der Waals surface area contributed by atoms with E-state index in [0.29, 0.717) is 35.7 Å². The van der Waals surface area contributed by atoms with E-state index in [1.54, 1.807) is 24.7 Å². The lowest BCUT2D eigenvalue weighted by atomic mass is 9.93. The molecule has 0 saturated heterocycles.